The number of aryl methyl sites for hydroxylation is 1. The molecule has 7 heteroatoms. The molecular formula is C21H20N4O2S. The Kier molecular flexibility index (Phi) is 5.16. The van der Waals surface area contributed by atoms with Crippen LogP contribution in [0.1, 0.15) is 33.0 Å². The van der Waals surface area contributed by atoms with E-state index < -0.39 is 0 Å². The Morgan fingerprint density at radius 3 is 2.82 bits per heavy atom. The van der Waals surface area contributed by atoms with Gasteiger partial charge in [-0.3, -0.25) is 19.6 Å². The summed E-state index contributed by atoms with van der Waals surface area (Å²) in [6.45, 7) is 2.94. The van der Waals surface area contributed by atoms with E-state index in [4.69, 9.17) is 0 Å². The van der Waals surface area contributed by atoms with E-state index in [-0.39, 0.29) is 17.9 Å². The maximum absolute atomic E-state index is 12.7. The number of carbonyl (C=O) groups is 2. The molecule has 0 spiro atoms. The van der Waals surface area contributed by atoms with Crippen LogP contribution in [0.5, 0.6) is 0 Å². The van der Waals surface area contributed by atoms with Crippen molar-refractivity contribution in [2.45, 2.75) is 19.4 Å². The van der Waals surface area contributed by atoms with Crippen molar-refractivity contribution in [2.75, 3.05) is 13.1 Å². The number of carbonyl (C=O) groups excluding carboxylic acids is 2. The minimum Gasteiger partial charge on any atom is -0.347 e. The fourth-order valence-corrected chi connectivity index (χ4v) is 4.00. The predicted octanol–water partition coefficient (Wildman–Crippen LogP) is 3.16. The van der Waals surface area contributed by atoms with Crippen molar-refractivity contribution in [1.82, 2.24) is 20.2 Å². The van der Waals surface area contributed by atoms with Crippen LogP contribution in [0.3, 0.4) is 0 Å². The Bertz CT molecular complexity index is 989. The third-order valence-corrected chi connectivity index (χ3v) is 5.53. The molecule has 1 fully saturated rings. The summed E-state index contributed by atoms with van der Waals surface area (Å²) >= 11 is 1.62. The topological polar surface area (TPSA) is 75.2 Å². The Balaban J connectivity index is 1.40. The standard InChI is InChI=1S/C21H20N4O2S/c1-14-17(5-6-18(23-14)15-8-11-28-13-15)20(26)24-16-7-10-25(12-16)21(27)19-4-2-3-9-22-19/h2-6,8-9,11,13,16H,7,10,12H2,1H3,(H,24,26)/t16-/m1/s1. The summed E-state index contributed by atoms with van der Waals surface area (Å²) in [4.78, 5) is 35.6. The zero-order valence-electron chi connectivity index (χ0n) is 15.5. The van der Waals surface area contributed by atoms with E-state index in [0.29, 0.717) is 30.0 Å². The normalized spacial score (nSPS) is 16.2. The van der Waals surface area contributed by atoms with Crippen LogP contribution in [0, 0.1) is 6.92 Å². The van der Waals surface area contributed by atoms with Crippen molar-refractivity contribution < 1.29 is 9.59 Å². The maximum Gasteiger partial charge on any atom is 0.272 e. The van der Waals surface area contributed by atoms with E-state index in [0.717, 1.165) is 17.7 Å². The molecule has 0 bridgehead atoms. The molecular weight excluding hydrogens is 372 g/mol. The highest BCUT2D eigenvalue weighted by Gasteiger charge is 2.29. The number of aromatic nitrogens is 2. The first-order valence-corrected chi connectivity index (χ1v) is 10.1. The minimum atomic E-state index is -0.154. The number of nitrogens with zero attached hydrogens (tertiary/aromatic N) is 3. The van der Waals surface area contributed by atoms with Crippen LogP contribution in [0.25, 0.3) is 11.3 Å². The lowest BCUT2D eigenvalue weighted by molar-refractivity contribution is 0.0777. The highest BCUT2D eigenvalue weighted by molar-refractivity contribution is 7.08. The molecule has 28 heavy (non-hydrogen) atoms. The second-order valence-corrected chi connectivity index (χ2v) is 7.55. The van der Waals surface area contributed by atoms with Gasteiger partial charge in [0.15, 0.2) is 0 Å². The van der Waals surface area contributed by atoms with Gasteiger partial charge in [-0.15, -0.1) is 0 Å². The zero-order valence-corrected chi connectivity index (χ0v) is 16.3. The lowest BCUT2D eigenvalue weighted by Gasteiger charge is -2.17. The van der Waals surface area contributed by atoms with E-state index in [1.165, 1.54) is 0 Å². The molecule has 3 aromatic rings. The van der Waals surface area contributed by atoms with Crippen LogP contribution in [0.4, 0.5) is 0 Å². The number of hydrogen-bond acceptors (Lipinski definition) is 5. The van der Waals surface area contributed by atoms with Gasteiger partial charge >= 0.3 is 0 Å². The first kappa shape index (κ1) is 18.3. The number of hydrogen-bond donors (Lipinski definition) is 1. The maximum atomic E-state index is 12.7. The van der Waals surface area contributed by atoms with Crippen molar-refractivity contribution in [1.29, 1.82) is 0 Å². The van der Waals surface area contributed by atoms with Gasteiger partial charge in [-0.05, 0) is 49.1 Å². The fraction of sp³-hybridized carbons (Fsp3) is 0.238. The molecule has 1 saturated heterocycles. The van der Waals surface area contributed by atoms with E-state index in [9.17, 15) is 9.59 Å². The van der Waals surface area contributed by atoms with Gasteiger partial charge in [-0.2, -0.15) is 11.3 Å². The van der Waals surface area contributed by atoms with Gasteiger partial charge in [-0.25, -0.2) is 0 Å². The van der Waals surface area contributed by atoms with Gasteiger partial charge in [-0.1, -0.05) is 6.07 Å². The molecule has 6 nitrogen and oxygen atoms in total. The second kappa shape index (κ2) is 7.90. The monoisotopic (exact) mass is 392 g/mol. The van der Waals surface area contributed by atoms with E-state index >= 15 is 0 Å². The molecule has 4 rings (SSSR count). The number of rotatable bonds is 4. The van der Waals surface area contributed by atoms with E-state index in [2.05, 4.69) is 15.3 Å². The molecule has 1 atom stereocenters. The Morgan fingerprint density at radius 1 is 1.21 bits per heavy atom. The summed E-state index contributed by atoms with van der Waals surface area (Å²) in [5.74, 6) is -0.255. The second-order valence-electron chi connectivity index (χ2n) is 6.77. The number of pyridine rings is 2. The molecule has 142 valence electrons. The minimum absolute atomic E-state index is 0.0730. The van der Waals surface area contributed by atoms with Crippen molar-refractivity contribution in [3.63, 3.8) is 0 Å². The smallest absolute Gasteiger partial charge is 0.272 e. The third kappa shape index (κ3) is 3.80. The van der Waals surface area contributed by atoms with Gasteiger partial charge in [0.2, 0.25) is 0 Å². The molecule has 0 unspecified atom stereocenters. The van der Waals surface area contributed by atoms with Crippen LogP contribution < -0.4 is 5.32 Å². The molecule has 0 aliphatic carbocycles. The average molecular weight is 392 g/mol. The lowest BCUT2D eigenvalue weighted by atomic mass is 10.1. The number of amides is 2. The molecule has 2 amide bonds. The Labute approximate surface area is 167 Å². The van der Waals surface area contributed by atoms with Crippen LogP contribution >= 0.6 is 11.3 Å². The van der Waals surface area contributed by atoms with Gasteiger partial charge in [0.1, 0.15) is 5.69 Å². The summed E-state index contributed by atoms with van der Waals surface area (Å²) in [5, 5.41) is 7.08. The molecule has 4 heterocycles. The molecule has 0 radical (unpaired) electrons. The van der Waals surface area contributed by atoms with Crippen molar-refractivity contribution >= 4 is 23.2 Å². The summed E-state index contributed by atoms with van der Waals surface area (Å²) in [5.41, 5.74) is 3.61. The number of nitrogens with one attached hydrogen (secondary N) is 1. The van der Waals surface area contributed by atoms with Crippen LogP contribution in [-0.4, -0.2) is 45.8 Å². The van der Waals surface area contributed by atoms with Crippen LogP contribution in [-0.2, 0) is 0 Å². The first-order chi connectivity index (χ1) is 13.6. The van der Waals surface area contributed by atoms with Crippen LogP contribution in [0.2, 0.25) is 0 Å². The molecule has 1 aliphatic rings. The largest absolute Gasteiger partial charge is 0.347 e. The first-order valence-electron chi connectivity index (χ1n) is 9.13. The Morgan fingerprint density at radius 2 is 2.11 bits per heavy atom. The van der Waals surface area contributed by atoms with Gasteiger partial charge in [0.05, 0.1) is 17.0 Å². The van der Waals surface area contributed by atoms with Gasteiger partial charge in [0.25, 0.3) is 11.8 Å². The molecule has 1 aliphatic heterocycles. The quantitative estimate of drug-likeness (QED) is 0.740. The summed E-state index contributed by atoms with van der Waals surface area (Å²) in [7, 11) is 0. The van der Waals surface area contributed by atoms with E-state index in [1.807, 2.05) is 35.9 Å². The SMILES string of the molecule is Cc1nc(-c2ccsc2)ccc1C(=O)N[C@@H]1CCN(C(=O)c2ccccn2)C1. The lowest BCUT2D eigenvalue weighted by Crippen LogP contribution is -2.39. The molecule has 0 saturated carbocycles. The average Bonchev–Trinajstić information content (AvgIpc) is 3.40. The highest BCUT2D eigenvalue weighted by Crippen LogP contribution is 2.22. The van der Waals surface area contributed by atoms with E-state index in [1.54, 1.807) is 40.6 Å². The summed E-state index contributed by atoms with van der Waals surface area (Å²) in [6, 6.07) is 10.9. The molecule has 1 N–H and O–H groups in total. The number of likely N-dealkylation sites (tertiary alicyclic amines) is 1. The summed E-state index contributed by atoms with van der Waals surface area (Å²) < 4.78 is 0. The van der Waals surface area contributed by atoms with Gasteiger partial charge < -0.3 is 10.2 Å². The third-order valence-electron chi connectivity index (χ3n) is 4.84. The highest BCUT2D eigenvalue weighted by atomic mass is 32.1. The van der Waals surface area contributed by atoms with Crippen molar-refractivity contribution in [2.24, 2.45) is 0 Å². The Hall–Kier alpha value is -3.06. The molecule has 0 aromatic carbocycles. The zero-order chi connectivity index (χ0) is 19.5. The van der Waals surface area contributed by atoms with Gasteiger partial charge in [0, 0.05) is 36.3 Å². The van der Waals surface area contributed by atoms with Crippen LogP contribution in [0.15, 0.2) is 53.4 Å². The van der Waals surface area contributed by atoms with Crippen molar-refractivity contribution in [3.05, 3.63) is 70.3 Å². The predicted molar refractivity (Wildman–Crippen MR) is 108 cm³/mol. The molecule has 3 aromatic heterocycles. The summed E-state index contributed by atoms with van der Waals surface area (Å²) in [6.07, 6.45) is 2.34. The number of thiophene rings is 1. The fourth-order valence-electron chi connectivity index (χ4n) is 3.35. The van der Waals surface area contributed by atoms with Crippen molar-refractivity contribution in [3.8, 4) is 11.3 Å².